The summed E-state index contributed by atoms with van der Waals surface area (Å²) in [6, 6.07) is 13.9. The van der Waals surface area contributed by atoms with Crippen molar-refractivity contribution in [2.24, 2.45) is 0 Å². The molecule has 0 heterocycles. The van der Waals surface area contributed by atoms with E-state index < -0.39 is 0 Å². The topological polar surface area (TPSA) is 26.3 Å². The predicted octanol–water partition coefficient (Wildman–Crippen LogP) is 4.48. The molecular weight excluding hydrogens is 248 g/mol. The Balaban J connectivity index is 2.18. The van der Waals surface area contributed by atoms with Gasteiger partial charge in [-0.05, 0) is 42.7 Å². The minimum atomic E-state index is 0.172. The van der Waals surface area contributed by atoms with Crippen LogP contribution < -0.4 is 4.74 Å². The highest BCUT2D eigenvalue weighted by molar-refractivity contribution is 5.96. The van der Waals surface area contributed by atoms with E-state index in [0.29, 0.717) is 13.0 Å². The summed E-state index contributed by atoms with van der Waals surface area (Å²) in [7, 11) is 0. The Labute approximate surface area is 120 Å². The van der Waals surface area contributed by atoms with Crippen LogP contribution in [0.4, 0.5) is 0 Å². The summed E-state index contributed by atoms with van der Waals surface area (Å²) < 4.78 is 5.91. The SMILES string of the molecule is CCC(=O)c1cc(C)c(OCc2ccccc2)c(C)c1. The first-order chi connectivity index (χ1) is 9.61. The molecule has 0 N–H and O–H groups in total. The van der Waals surface area contributed by atoms with E-state index in [0.717, 1.165) is 28.0 Å². The molecule has 0 unspecified atom stereocenters. The Morgan fingerprint density at radius 1 is 1.05 bits per heavy atom. The summed E-state index contributed by atoms with van der Waals surface area (Å²) in [6.07, 6.45) is 0.531. The number of hydrogen-bond acceptors (Lipinski definition) is 2. The fourth-order valence-corrected chi connectivity index (χ4v) is 2.27. The van der Waals surface area contributed by atoms with E-state index in [1.807, 2.05) is 63.2 Å². The monoisotopic (exact) mass is 268 g/mol. The molecule has 2 aromatic carbocycles. The van der Waals surface area contributed by atoms with Crippen LogP contribution in [0.1, 0.15) is 40.4 Å². The van der Waals surface area contributed by atoms with Crippen LogP contribution in [0.25, 0.3) is 0 Å². The molecule has 2 nitrogen and oxygen atoms in total. The van der Waals surface area contributed by atoms with Crippen molar-refractivity contribution in [1.82, 2.24) is 0 Å². The molecule has 0 amide bonds. The Kier molecular flexibility index (Phi) is 4.57. The number of rotatable bonds is 5. The van der Waals surface area contributed by atoms with E-state index in [9.17, 15) is 4.79 Å². The fraction of sp³-hybridized carbons (Fsp3) is 0.278. The summed E-state index contributed by atoms with van der Waals surface area (Å²) in [4.78, 5) is 11.8. The van der Waals surface area contributed by atoms with Gasteiger partial charge in [0.2, 0.25) is 0 Å². The molecule has 0 aliphatic rings. The molecule has 2 rings (SSSR count). The lowest BCUT2D eigenvalue weighted by molar-refractivity contribution is 0.0988. The third kappa shape index (κ3) is 3.27. The van der Waals surface area contributed by atoms with Gasteiger partial charge >= 0.3 is 0 Å². The fourth-order valence-electron chi connectivity index (χ4n) is 2.27. The van der Waals surface area contributed by atoms with E-state index in [1.165, 1.54) is 0 Å². The first-order valence-corrected chi connectivity index (χ1v) is 6.93. The van der Waals surface area contributed by atoms with Crippen LogP contribution in [0, 0.1) is 13.8 Å². The molecule has 0 saturated carbocycles. The molecule has 2 heteroatoms. The van der Waals surface area contributed by atoms with Crippen LogP contribution in [0.2, 0.25) is 0 Å². The molecule has 0 saturated heterocycles. The summed E-state index contributed by atoms with van der Waals surface area (Å²) in [5.41, 5.74) is 3.94. The van der Waals surface area contributed by atoms with Crippen LogP contribution in [0.5, 0.6) is 5.75 Å². The van der Waals surface area contributed by atoms with Crippen molar-refractivity contribution >= 4 is 5.78 Å². The highest BCUT2D eigenvalue weighted by Crippen LogP contribution is 2.26. The Hall–Kier alpha value is -2.09. The lowest BCUT2D eigenvalue weighted by Crippen LogP contribution is -2.03. The molecule has 104 valence electrons. The van der Waals surface area contributed by atoms with Crippen molar-refractivity contribution in [2.75, 3.05) is 0 Å². The van der Waals surface area contributed by atoms with Gasteiger partial charge in [0, 0.05) is 12.0 Å². The van der Waals surface area contributed by atoms with Gasteiger partial charge in [-0.2, -0.15) is 0 Å². The van der Waals surface area contributed by atoms with Crippen molar-refractivity contribution in [3.63, 3.8) is 0 Å². The number of ether oxygens (including phenoxy) is 1. The van der Waals surface area contributed by atoms with Gasteiger partial charge in [0.05, 0.1) is 0 Å². The Bertz CT molecular complexity index is 577. The summed E-state index contributed by atoms with van der Waals surface area (Å²) in [5.74, 6) is 1.05. The number of ketones is 1. The summed E-state index contributed by atoms with van der Waals surface area (Å²) >= 11 is 0. The maximum Gasteiger partial charge on any atom is 0.162 e. The van der Waals surface area contributed by atoms with Crippen molar-refractivity contribution in [2.45, 2.75) is 33.8 Å². The summed E-state index contributed by atoms with van der Waals surface area (Å²) in [5, 5.41) is 0. The van der Waals surface area contributed by atoms with Gasteiger partial charge in [0.25, 0.3) is 0 Å². The standard InChI is InChI=1S/C18H20O2/c1-4-17(19)16-10-13(2)18(14(3)11-16)20-12-15-8-6-5-7-9-15/h5-11H,4,12H2,1-3H3. The normalized spacial score (nSPS) is 10.3. The summed E-state index contributed by atoms with van der Waals surface area (Å²) in [6.45, 7) is 6.40. The number of aryl methyl sites for hydroxylation is 2. The number of carbonyl (C=O) groups is 1. The van der Waals surface area contributed by atoms with Crippen molar-refractivity contribution < 1.29 is 9.53 Å². The smallest absolute Gasteiger partial charge is 0.162 e. The van der Waals surface area contributed by atoms with Crippen molar-refractivity contribution in [1.29, 1.82) is 0 Å². The second kappa shape index (κ2) is 6.38. The van der Waals surface area contributed by atoms with Crippen LogP contribution in [-0.2, 0) is 6.61 Å². The number of Topliss-reactive ketones (excluding diaryl/α,β-unsaturated/α-hetero) is 1. The molecule has 0 radical (unpaired) electrons. The van der Waals surface area contributed by atoms with E-state index in [2.05, 4.69) is 0 Å². The number of benzene rings is 2. The van der Waals surface area contributed by atoms with Gasteiger partial charge in [0.1, 0.15) is 12.4 Å². The zero-order valence-electron chi connectivity index (χ0n) is 12.3. The molecule has 0 spiro atoms. The zero-order valence-corrected chi connectivity index (χ0v) is 12.3. The molecule has 0 aliphatic heterocycles. The second-order valence-electron chi connectivity index (χ2n) is 4.99. The zero-order chi connectivity index (χ0) is 14.5. The van der Waals surface area contributed by atoms with E-state index in [-0.39, 0.29) is 5.78 Å². The largest absolute Gasteiger partial charge is 0.488 e. The molecule has 0 fully saturated rings. The first-order valence-electron chi connectivity index (χ1n) is 6.93. The van der Waals surface area contributed by atoms with Gasteiger partial charge in [-0.3, -0.25) is 4.79 Å². The molecular formula is C18H20O2. The Morgan fingerprint density at radius 2 is 1.65 bits per heavy atom. The van der Waals surface area contributed by atoms with Crippen LogP contribution in [0.15, 0.2) is 42.5 Å². The highest BCUT2D eigenvalue weighted by Gasteiger charge is 2.10. The van der Waals surface area contributed by atoms with Crippen molar-refractivity contribution in [3.8, 4) is 5.75 Å². The number of carbonyl (C=O) groups excluding carboxylic acids is 1. The van der Waals surface area contributed by atoms with Crippen LogP contribution in [0.3, 0.4) is 0 Å². The lowest BCUT2D eigenvalue weighted by Gasteiger charge is -2.13. The maximum absolute atomic E-state index is 11.8. The van der Waals surface area contributed by atoms with Gasteiger partial charge in [-0.15, -0.1) is 0 Å². The van der Waals surface area contributed by atoms with E-state index in [4.69, 9.17) is 4.74 Å². The van der Waals surface area contributed by atoms with Gasteiger partial charge in [-0.1, -0.05) is 37.3 Å². The van der Waals surface area contributed by atoms with Gasteiger partial charge in [0.15, 0.2) is 5.78 Å². The molecule has 0 atom stereocenters. The Morgan fingerprint density at radius 3 is 2.20 bits per heavy atom. The van der Waals surface area contributed by atoms with Crippen LogP contribution in [-0.4, -0.2) is 5.78 Å². The molecule has 0 aliphatic carbocycles. The van der Waals surface area contributed by atoms with E-state index in [1.54, 1.807) is 0 Å². The average molecular weight is 268 g/mol. The highest BCUT2D eigenvalue weighted by atomic mass is 16.5. The van der Waals surface area contributed by atoms with Crippen molar-refractivity contribution in [3.05, 3.63) is 64.7 Å². The minimum Gasteiger partial charge on any atom is -0.488 e. The molecule has 2 aromatic rings. The third-order valence-electron chi connectivity index (χ3n) is 3.33. The molecule has 0 bridgehead atoms. The molecule has 0 aromatic heterocycles. The minimum absolute atomic E-state index is 0.172. The second-order valence-corrected chi connectivity index (χ2v) is 4.99. The first kappa shape index (κ1) is 14.3. The van der Waals surface area contributed by atoms with E-state index >= 15 is 0 Å². The van der Waals surface area contributed by atoms with Gasteiger partial charge in [-0.25, -0.2) is 0 Å². The lowest BCUT2D eigenvalue weighted by atomic mass is 10.0. The molecule has 20 heavy (non-hydrogen) atoms. The quantitative estimate of drug-likeness (QED) is 0.748. The maximum atomic E-state index is 11.8. The number of hydrogen-bond donors (Lipinski definition) is 0. The third-order valence-corrected chi connectivity index (χ3v) is 3.33. The van der Waals surface area contributed by atoms with Crippen LogP contribution >= 0.6 is 0 Å². The average Bonchev–Trinajstić information content (AvgIpc) is 2.46. The predicted molar refractivity (Wildman–Crippen MR) is 81.3 cm³/mol. The van der Waals surface area contributed by atoms with Gasteiger partial charge < -0.3 is 4.74 Å².